The molecule has 22 heavy (non-hydrogen) atoms. The van der Waals surface area contributed by atoms with Crippen molar-refractivity contribution < 1.29 is 9.63 Å². The van der Waals surface area contributed by atoms with Crippen LogP contribution in [0.2, 0.25) is 0 Å². The minimum Gasteiger partial charge on any atom is -0.384 e. The van der Waals surface area contributed by atoms with Gasteiger partial charge in [0.25, 0.3) is 5.91 Å². The summed E-state index contributed by atoms with van der Waals surface area (Å²) in [6.07, 6.45) is 3.57. The largest absolute Gasteiger partial charge is 0.384 e. The zero-order chi connectivity index (χ0) is 15.8. The number of amides is 1. The Morgan fingerprint density at radius 2 is 2.00 bits per heavy atom. The molecule has 0 radical (unpaired) electrons. The Bertz CT molecular complexity index is 494. The molecule has 1 fully saturated rings. The SMILES string of the molecule is CC1CCN(C(=O)CO/N=C(\N)CCc2ccccc2)CC1. The number of amidine groups is 1. The van der Waals surface area contributed by atoms with E-state index in [0.717, 1.165) is 32.4 Å². The van der Waals surface area contributed by atoms with Crippen LogP contribution in [0.1, 0.15) is 31.7 Å². The molecular formula is C17H25N3O2. The molecule has 1 saturated heterocycles. The molecule has 0 spiro atoms. The number of piperidine rings is 1. The summed E-state index contributed by atoms with van der Waals surface area (Å²) in [4.78, 5) is 18.9. The number of carbonyl (C=O) groups excluding carboxylic acids is 1. The molecule has 0 bridgehead atoms. The van der Waals surface area contributed by atoms with Crippen LogP contribution in [0, 0.1) is 5.92 Å². The molecule has 5 nitrogen and oxygen atoms in total. The summed E-state index contributed by atoms with van der Waals surface area (Å²) in [5.74, 6) is 1.12. The summed E-state index contributed by atoms with van der Waals surface area (Å²) in [6.45, 7) is 3.82. The number of nitrogens with two attached hydrogens (primary N) is 1. The molecule has 5 heteroatoms. The quantitative estimate of drug-likeness (QED) is 0.497. The van der Waals surface area contributed by atoms with E-state index in [-0.39, 0.29) is 12.5 Å². The zero-order valence-corrected chi connectivity index (χ0v) is 13.2. The normalized spacial score (nSPS) is 16.6. The zero-order valence-electron chi connectivity index (χ0n) is 13.2. The monoisotopic (exact) mass is 303 g/mol. The number of hydrogen-bond acceptors (Lipinski definition) is 3. The maximum absolute atomic E-state index is 12.0. The smallest absolute Gasteiger partial charge is 0.263 e. The number of likely N-dealkylation sites (tertiary alicyclic amines) is 1. The van der Waals surface area contributed by atoms with Gasteiger partial charge in [-0.05, 0) is 30.7 Å². The minimum atomic E-state index is -0.0274. The highest BCUT2D eigenvalue weighted by Crippen LogP contribution is 2.15. The van der Waals surface area contributed by atoms with Crippen LogP contribution in [0.5, 0.6) is 0 Å². The topological polar surface area (TPSA) is 67.9 Å². The molecule has 2 rings (SSSR count). The van der Waals surface area contributed by atoms with Crippen molar-refractivity contribution in [3.05, 3.63) is 35.9 Å². The summed E-state index contributed by atoms with van der Waals surface area (Å²) in [6, 6.07) is 10.1. The van der Waals surface area contributed by atoms with Crippen molar-refractivity contribution in [1.29, 1.82) is 0 Å². The number of rotatable bonds is 6. The lowest BCUT2D eigenvalue weighted by atomic mass is 9.99. The van der Waals surface area contributed by atoms with Crippen LogP contribution in [-0.4, -0.2) is 36.3 Å². The van der Waals surface area contributed by atoms with Gasteiger partial charge in [0, 0.05) is 19.5 Å². The third-order valence-electron chi connectivity index (χ3n) is 4.02. The van der Waals surface area contributed by atoms with Gasteiger partial charge in [0.2, 0.25) is 0 Å². The molecule has 1 heterocycles. The Morgan fingerprint density at radius 3 is 2.68 bits per heavy atom. The first kappa shape index (κ1) is 16.3. The fourth-order valence-corrected chi connectivity index (χ4v) is 2.48. The molecule has 0 aliphatic carbocycles. The third kappa shape index (κ3) is 5.39. The maximum Gasteiger partial charge on any atom is 0.263 e. The van der Waals surface area contributed by atoms with Gasteiger partial charge >= 0.3 is 0 Å². The van der Waals surface area contributed by atoms with Crippen LogP contribution in [0.15, 0.2) is 35.5 Å². The Kier molecular flexibility index (Phi) is 6.25. The highest BCUT2D eigenvalue weighted by Gasteiger charge is 2.20. The van der Waals surface area contributed by atoms with Crippen molar-refractivity contribution in [2.45, 2.75) is 32.6 Å². The Balaban J connectivity index is 1.67. The van der Waals surface area contributed by atoms with E-state index in [1.165, 1.54) is 5.56 Å². The van der Waals surface area contributed by atoms with Gasteiger partial charge in [-0.2, -0.15) is 0 Å². The Labute approximate surface area is 132 Å². The Morgan fingerprint density at radius 1 is 1.32 bits per heavy atom. The lowest BCUT2D eigenvalue weighted by Gasteiger charge is -2.29. The summed E-state index contributed by atoms with van der Waals surface area (Å²) >= 11 is 0. The second kappa shape index (κ2) is 8.41. The highest BCUT2D eigenvalue weighted by atomic mass is 16.6. The molecule has 120 valence electrons. The molecule has 1 amide bonds. The molecule has 2 N–H and O–H groups in total. The van der Waals surface area contributed by atoms with Crippen molar-refractivity contribution in [2.24, 2.45) is 16.8 Å². The van der Waals surface area contributed by atoms with E-state index >= 15 is 0 Å². The number of aryl methyl sites for hydroxylation is 1. The number of nitrogens with zero attached hydrogens (tertiary/aromatic N) is 2. The number of hydrogen-bond donors (Lipinski definition) is 1. The fraction of sp³-hybridized carbons (Fsp3) is 0.529. The molecule has 1 aliphatic rings. The van der Waals surface area contributed by atoms with Gasteiger partial charge in [-0.3, -0.25) is 4.79 Å². The van der Waals surface area contributed by atoms with Gasteiger partial charge in [-0.25, -0.2) is 0 Å². The summed E-state index contributed by atoms with van der Waals surface area (Å²) in [5.41, 5.74) is 7.01. The lowest BCUT2D eigenvalue weighted by molar-refractivity contribution is -0.137. The van der Waals surface area contributed by atoms with E-state index in [1.807, 2.05) is 23.1 Å². The van der Waals surface area contributed by atoms with Crippen LogP contribution in [-0.2, 0) is 16.1 Å². The van der Waals surface area contributed by atoms with E-state index in [9.17, 15) is 4.79 Å². The first-order valence-corrected chi connectivity index (χ1v) is 7.91. The Hall–Kier alpha value is -2.04. The van der Waals surface area contributed by atoms with E-state index in [0.29, 0.717) is 18.2 Å². The van der Waals surface area contributed by atoms with Crippen LogP contribution in [0.4, 0.5) is 0 Å². The summed E-state index contributed by atoms with van der Waals surface area (Å²) in [5, 5.41) is 3.84. The second-order valence-electron chi connectivity index (χ2n) is 5.90. The number of oxime groups is 1. The number of benzene rings is 1. The molecule has 0 aromatic heterocycles. The van der Waals surface area contributed by atoms with E-state index in [1.54, 1.807) is 0 Å². The summed E-state index contributed by atoms with van der Waals surface area (Å²) < 4.78 is 0. The van der Waals surface area contributed by atoms with Gasteiger partial charge in [-0.15, -0.1) is 0 Å². The average Bonchev–Trinajstić information content (AvgIpc) is 2.54. The predicted molar refractivity (Wildman–Crippen MR) is 87.3 cm³/mol. The van der Waals surface area contributed by atoms with Crippen LogP contribution < -0.4 is 5.73 Å². The third-order valence-corrected chi connectivity index (χ3v) is 4.02. The van der Waals surface area contributed by atoms with Crippen molar-refractivity contribution in [1.82, 2.24) is 4.90 Å². The summed E-state index contributed by atoms with van der Waals surface area (Å²) in [7, 11) is 0. The van der Waals surface area contributed by atoms with Crippen molar-refractivity contribution in [3.8, 4) is 0 Å². The first-order chi connectivity index (χ1) is 10.6. The van der Waals surface area contributed by atoms with Gasteiger partial charge in [0.15, 0.2) is 6.61 Å². The molecular weight excluding hydrogens is 278 g/mol. The highest BCUT2D eigenvalue weighted by molar-refractivity contribution is 5.80. The van der Waals surface area contributed by atoms with E-state index in [2.05, 4.69) is 24.2 Å². The van der Waals surface area contributed by atoms with E-state index in [4.69, 9.17) is 10.6 Å². The molecule has 0 atom stereocenters. The fourth-order valence-electron chi connectivity index (χ4n) is 2.48. The van der Waals surface area contributed by atoms with Crippen LogP contribution in [0.25, 0.3) is 0 Å². The van der Waals surface area contributed by atoms with Crippen molar-refractivity contribution in [2.75, 3.05) is 19.7 Å². The lowest BCUT2D eigenvalue weighted by Crippen LogP contribution is -2.39. The standard InChI is InChI=1S/C17H25N3O2/c1-14-9-11-20(12-10-14)17(21)13-22-19-16(18)8-7-15-5-3-2-4-6-15/h2-6,14H,7-13H2,1H3,(H2,18,19). The van der Waals surface area contributed by atoms with Gasteiger partial charge < -0.3 is 15.5 Å². The molecule has 1 aromatic rings. The van der Waals surface area contributed by atoms with Crippen molar-refractivity contribution >= 4 is 11.7 Å². The first-order valence-electron chi connectivity index (χ1n) is 7.91. The molecule has 0 unspecified atom stereocenters. The average molecular weight is 303 g/mol. The predicted octanol–water partition coefficient (Wildman–Crippen LogP) is 2.17. The second-order valence-corrected chi connectivity index (χ2v) is 5.90. The van der Waals surface area contributed by atoms with Gasteiger partial charge in [0.1, 0.15) is 5.84 Å². The van der Waals surface area contributed by atoms with Crippen molar-refractivity contribution in [3.63, 3.8) is 0 Å². The van der Waals surface area contributed by atoms with Crippen LogP contribution in [0.3, 0.4) is 0 Å². The molecule has 0 saturated carbocycles. The molecule has 1 aromatic carbocycles. The van der Waals surface area contributed by atoms with E-state index < -0.39 is 0 Å². The minimum absolute atomic E-state index is 0.00786. The van der Waals surface area contributed by atoms with Gasteiger partial charge in [-0.1, -0.05) is 42.4 Å². The number of carbonyl (C=O) groups is 1. The van der Waals surface area contributed by atoms with Crippen LogP contribution >= 0.6 is 0 Å². The van der Waals surface area contributed by atoms with Gasteiger partial charge in [0.05, 0.1) is 0 Å². The molecule has 1 aliphatic heterocycles. The maximum atomic E-state index is 12.0.